The maximum absolute atomic E-state index is 12.9. The summed E-state index contributed by atoms with van der Waals surface area (Å²) in [5.74, 6) is 1.08. The largest absolute Gasteiger partial charge is 0.464 e. The zero-order chi connectivity index (χ0) is 17.9. The Hall–Kier alpha value is -3.35. The van der Waals surface area contributed by atoms with Gasteiger partial charge in [0.15, 0.2) is 5.82 Å². The van der Waals surface area contributed by atoms with Crippen LogP contribution in [0.5, 0.6) is 5.75 Å². The Morgan fingerprint density at radius 1 is 1.15 bits per heavy atom. The molecular formula is C19H18N4O3. The molecule has 3 heterocycles. The number of para-hydroxylation sites is 1. The number of aromatic amines is 1. The van der Waals surface area contributed by atoms with Gasteiger partial charge in [-0.3, -0.25) is 9.59 Å². The van der Waals surface area contributed by atoms with Crippen molar-refractivity contribution in [3.05, 3.63) is 70.5 Å². The quantitative estimate of drug-likeness (QED) is 0.886. The van der Waals surface area contributed by atoms with Crippen molar-refractivity contribution in [3.63, 3.8) is 0 Å². The maximum atomic E-state index is 12.9. The first-order valence-corrected chi connectivity index (χ1v) is 8.44. The molecule has 0 bridgehead atoms. The van der Waals surface area contributed by atoms with Crippen molar-refractivity contribution in [1.82, 2.24) is 14.9 Å². The van der Waals surface area contributed by atoms with Crippen molar-refractivity contribution >= 4 is 17.8 Å². The first kappa shape index (κ1) is 16.1. The van der Waals surface area contributed by atoms with Gasteiger partial charge >= 0.3 is 0 Å². The second-order valence-electron chi connectivity index (χ2n) is 6.08. The first-order chi connectivity index (χ1) is 12.7. The molecule has 2 aromatic rings. The van der Waals surface area contributed by atoms with Crippen molar-refractivity contribution < 1.29 is 9.53 Å². The highest BCUT2D eigenvalue weighted by Crippen LogP contribution is 2.25. The van der Waals surface area contributed by atoms with Crippen LogP contribution in [0.1, 0.15) is 5.56 Å². The van der Waals surface area contributed by atoms with Gasteiger partial charge in [-0.15, -0.1) is 0 Å². The topological polar surface area (TPSA) is 78.5 Å². The van der Waals surface area contributed by atoms with Gasteiger partial charge in [0.05, 0.1) is 6.26 Å². The first-order valence-electron chi connectivity index (χ1n) is 8.44. The summed E-state index contributed by atoms with van der Waals surface area (Å²) < 4.78 is 5.55. The smallest absolute Gasteiger partial charge is 0.290 e. The van der Waals surface area contributed by atoms with E-state index in [0.717, 1.165) is 11.3 Å². The lowest BCUT2D eigenvalue weighted by Crippen LogP contribution is -2.50. The van der Waals surface area contributed by atoms with Gasteiger partial charge < -0.3 is 19.5 Å². The second-order valence-corrected chi connectivity index (χ2v) is 6.08. The van der Waals surface area contributed by atoms with Crippen LogP contribution in [-0.4, -0.2) is 47.0 Å². The summed E-state index contributed by atoms with van der Waals surface area (Å²) in [5.41, 5.74) is 1.24. The van der Waals surface area contributed by atoms with E-state index in [4.69, 9.17) is 4.74 Å². The van der Waals surface area contributed by atoms with Gasteiger partial charge in [0.25, 0.3) is 11.5 Å². The zero-order valence-corrected chi connectivity index (χ0v) is 14.1. The van der Waals surface area contributed by atoms with Crippen LogP contribution < -0.4 is 15.2 Å². The van der Waals surface area contributed by atoms with Crippen LogP contribution in [0.15, 0.2) is 59.4 Å². The average molecular weight is 350 g/mol. The summed E-state index contributed by atoms with van der Waals surface area (Å²) in [7, 11) is 0. The Labute approximate surface area is 150 Å². The highest BCUT2D eigenvalue weighted by molar-refractivity contribution is 6.01. The second kappa shape index (κ2) is 6.87. The molecule has 1 aromatic heterocycles. The molecule has 0 unspecified atom stereocenters. The number of benzene rings is 1. The van der Waals surface area contributed by atoms with E-state index in [0.29, 0.717) is 37.6 Å². The van der Waals surface area contributed by atoms with Crippen LogP contribution >= 0.6 is 0 Å². The minimum atomic E-state index is -0.213. The summed E-state index contributed by atoms with van der Waals surface area (Å²) >= 11 is 0. The molecule has 1 fully saturated rings. The summed E-state index contributed by atoms with van der Waals surface area (Å²) in [6.07, 6.45) is 8.15. The van der Waals surface area contributed by atoms with Crippen molar-refractivity contribution in [2.45, 2.75) is 0 Å². The Morgan fingerprint density at radius 3 is 2.77 bits per heavy atom. The molecule has 0 saturated carbocycles. The monoisotopic (exact) mass is 350 g/mol. The molecule has 1 saturated heterocycles. The highest BCUT2D eigenvalue weighted by Gasteiger charge is 2.25. The number of hydrogen-bond acceptors (Lipinski definition) is 5. The van der Waals surface area contributed by atoms with Crippen LogP contribution in [0, 0.1) is 0 Å². The van der Waals surface area contributed by atoms with Crippen molar-refractivity contribution in [2.24, 2.45) is 0 Å². The third kappa shape index (κ3) is 3.11. The van der Waals surface area contributed by atoms with E-state index in [1.807, 2.05) is 35.2 Å². The predicted molar refractivity (Wildman–Crippen MR) is 97.8 cm³/mol. The molecular weight excluding hydrogens is 332 g/mol. The predicted octanol–water partition coefficient (Wildman–Crippen LogP) is 1.41. The molecule has 7 nitrogen and oxygen atoms in total. The van der Waals surface area contributed by atoms with E-state index < -0.39 is 0 Å². The van der Waals surface area contributed by atoms with Gasteiger partial charge in [0, 0.05) is 49.7 Å². The number of carbonyl (C=O) groups is 1. The minimum absolute atomic E-state index is 0.0452. The lowest BCUT2D eigenvalue weighted by Gasteiger charge is -2.35. The molecule has 132 valence electrons. The van der Waals surface area contributed by atoms with Crippen LogP contribution in [0.25, 0.3) is 6.08 Å². The van der Waals surface area contributed by atoms with E-state index in [9.17, 15) is 9.59 Å². The third-order valence-electron chi connectivity index (χ3n) is 4.47. The summed E-state index contributed by atoms with van der Waals surface area (Å²) in [6.45, 7) is 2.19. The van der Waals surface area contributed by atoms with Gasteiger partial charge in [-0.1, -0.05) is 18.2 Å². The van der Waals surface area contributed by atoms with Crippen LogP contribution in [0.3, 0.4) is 0 Å². The van der Waals surface area contributed by atoms with Gasteiger partial charge in [0.1, 0.15) is 5.75 Å². The van der Waals surface area contributed by atoms with E-state index >= 15 is 0 Å². The number of fused-ring (bicyclic) bond motifs is 1. The van der Waals surface area contributed by atoms with E-state index in [-0.39, 0.29) is 11.5 Å². The number of nitrogens with one attached hydrogen (secondary N) is 1. The molecule has 0 atom stereocenters. The molecule has 0 spiro atoms. The van der Waals surface area contributed by atoms with Crippen molar-refractivity contribution in [1.29, 1.82) is 0 Å². The number of rotatable bonds is 2. The zero-order valence-electron chi connectivity index (χ0n) is 14.1. The number of amides is 1. The van der Waals surface area contributed by atoms with Gasteiger partial charge in [-0.2, -0.15) is 0 Å². The highest BCUT2D eigenvalue weighted by atomic mass is 16.5. The number of ether oxygens (including phenoxy) is 1. The normalized spacial score (nSPS) is 16.4. The van der Waals surface area contributed by atoms with E-state index in [2.05, 4.69) is 9.97 Å². The molecule has 2 aliphatic heterocycles. The van der Waals surface area contributed by atoms with Crippen molar-refractivity contribution in [2.75, 3.05) is 31.1 Å². The molecule has 1 amide bonds. The molecule has 0 radical (unpaired) electrons. The number of hydrogen-bond donors (Lipinski definition) is 1. The number of H-pyrrole nitrogens is 1. The molecule has 0 aliphatic carbocycles. The van der Waals surface area contributed by atoms with Crippen LogP contribution in [-0.2, 0) is 4.79 Å². The molecule has 2 aliphatic rings. The summed E-state index contributed by atoms with van der Waals surface area (Å²) in [6, 6.07) is 7.59. The number of carbonyl (C=O) groups excluding carboxylic acids is 1. The Balaban J connectivity index is 1.48. The van der Waals surface area contributed by atoms with E-state index in [1.54, 1.807) is 23.4 Å². The van der Waals surface area contributed by atoms with Crippen LogP contribution in [0.2, 0.25) is 0 Å². The fourth-order valence-corrected chi connectivity index (χ4v) is 3.11. The standard InChI is InChI=1S/C19H18N4O3/c24-18-17(20-6-7-21-18)22-8-10-23(11-9-22)19(25)15-5-12-26-16-4-2-1-3-14(16)13-15/h1-7,12-13H,8-11H2,(H,21,24). The van der Waals surface area contributed by atoms with Gasteiger partial charge in [0.2, 0.25) is 0 Å². The number of piperazine rings is 1. The third-order valence-corrected chi connectivity index (χ3v) is 4.47. The average Bonchev–Trinajstić information content (AvgIpc) is 2.90. The summed E-state index contributed by atoms with van der Waals surface area (Å²) in [4.78, 5) is 35.2. The number of nitrogens with zero attached hydrogens (tertiary/aromatic N) is 3. The minimum Gasteiger partial charge on any atom is -0.464 e. The van der Waals surface area contributed by atoms with Crippen molar-refractivity contribution in [3.8, 4) is 5.75 Å². The fourth-order valence-electron chi connectivity index (χ4n) is 3.11. The number of anilines is 1. The van der Waals surface area contributed by atoms with Crippen LogP contribution in [0.4, 0.5) is 5.82 Å². The van der Waals surface area contributed by atoms with Gasteiger partial charge in [-0.05, 0) is 18.2 Å². The molecule has 1 aromatic carbocycles. The molecule has 4 rings (SSSR count). The number of aromatic nitrogens is 2. The molecule has 7 heteroatoms. The van der Waals surface area contributed by atoms with Gasteiger partial charge in [-0.25, -0.2) is 4.98 Å². The van der Waals surface area contributed by atoms with E-state index in [1.165, 1.54) is 6.20 Å². The Morgan fingerprint density at radius 2 is 1.96 bits per heavy atom. The molecule has 26 heavy (non-hydrogen) atoms. The SMILES string of the molecule is O=C(C1=Cc2ccccc2OC=C1)N1CCN(c2ncc[nH]c2=O)CC1. The lowest BCUT2D eigenvalue weighted by atomic mass is 10.1. The lowest BCUT2D eigenvalue weighted by molar-refractivity contribution is -0.127. The summed E-state index contributed by atoms with van der Waals surface area (Å²) in [5, 5.41) is 0. The maximum Gasteiger partial charge on any atom is 0.290 e. The molecule has 1 N–H and O–H groups in total. The Bertz CT molecular complexity index is 940. The Kier molecular flexibility index (Phi) is 4.27. The fraction of sp³-hybridized carbons (Fsp3) is 0.211.